The zero-order valence-electron chi connectivity index (χ0n) is 13.1. The van der Waals surface area contributed by atoms with Crippen LogP contribution in [-0.4, -0.2) is 37.1 Å². The average molecular weight is 291 g/mol. The van der Waals surface area contributed by atoms with E-state index in [2.05, 4.69) is 6.92 Å². The molecule has 0 bridgehead atoms. The summed E-state index contributed by atoms with van der Waals surface area (Å²) in [5.41, 5.74) is 0.684. The van der Waals surface area contributed by atoms with Crippen molar-refractivity contribution in [2.24, 2.45) is 0 Å². The molecule has 1 aliphatic rings. The van der Waals surface area contributed by atoms with E-state index in [1.807, 2.05) is 30.0 Å². The van der Waals surface area contributed by atoms with Gasteiger partial charge in [0, 0.05) is 18.7 Å². The van der Waals surface area contributed by atoms with Gasteiger partial charge in [0.15, 0.2) is 11.5 Å². The molecule has 116 valence electrons. The highest BCUT2D eigenvalue weighted by Gasteiger charge is 2.19. The monoisotopic (exact) mass is 291 g/mol. The van der Waals surface area contributed by atoms with E-state index >= 15 is 0 Å². The van der Waals surface area contributed by atoms with Gasteiger partial charge in [-0.2, -0.15) is 0 Å². The second kappa shape index (κ2) is 7.91. The molecule has 0 saturated carbocycles. The topological polar surface area (TPSA) is 38.8 Å². The van der Waals surface area contributed by atoms with Crippen LogP contribution in [0.5, 0.6) is 11.5 Å². The third-order valence-electron chi connectivity index (χ3n) is 3.60. The lowest BCUT2D eigenvalue weighted by molar-refractivity contribution is 0.0724. The highest BCUT2D eigenvalue weighted by Crippen LogP contribution is 2.29. The Morgan fingerprint density at radius 2 is 1.86 bits per heavy atom. The zero-order chi connectivity index (χ0) is 15.1. The number of amides is 1. The molecule has 1 amide bonds. The van der Waals surface area contributed by atoms with Crippen LogP contribution in [0.2, 0.25) is 0 Å². The third-order valence-corrected chi connectivity index (χ3v) is 3.60. The maximum absolute atomic E-state index is 12.5. The first-order valence-electron chi connectivity index (χ1n) is 7.95. The summed E-state index contributed by atoms with van der Waals surface area (Å²) in [5, 5.41) is 0. The number of hydrogen-bond donors (Lipinski definition) is 0. The Hall–Kier alpha value is -1.71. The van der Waals surface area contributed by atoms with Crippen LogP contribution in [0.25, 0.3) is 0 Å². The van der Waals surface area contributed by atoms with E-state index in [1.54, 1.807) is 0 Å². The van der Waals surface area contributed by atoms with Crippen LogP contribution in [0.3, 0.4) is 0 Å². The molecule has 0 aromatic heterocycles. The lowest BCUT2D eigenvalue weighted by Gasteiger charge is -2.27. The number of ether oxygens (including phenoxy) is 2. The summed E-state index contributed by atoms with van der Waals surface area (Å²) in [7, 11) is 0. The van der Waals surface area contributed by atoms with Gasteiger partial charge in [-0.1, -0.05) is 6.92 Å². The van der Waals surface area contributed by atoms with Crippen molar-refractivity contribution in [3.63, 3.8) is 0 Å². The van der Waals surface area contributed by atoms with Gasteiger partial charge in [-0.05, 0) is 50.8 Å². The number of hydrogen-bond acceptors (Lipinski definition) is 3. The van der Waals surface area contributed by atoms with Crippen LogP contribution in [0.4, 0.5) is 0 Å². The van der Waals surface area contributed by atoms with Gasteiger partial charge < -0.3 is 14.4 Å². The van der Waals surface area contributed by atoms with Crippen LogP contribution >= 0.6 is 0 Å². The molecule has 0 spiro atoms. The van der Waals surface area contributed by atoms with Gasteiger partial charge >= 0.3 is 0 Å². The lowest BCUT2D eigenvalue weighted by Crippen LogP contribution is -2.35. The molecule has 0 N–H and O–H groups in total. The lowest BCUT2D eigenvalue weighted by atomic mass is 10.1. The Kier molecular flexibility index (Phi) is 5.90. The Bertz CT molecular complexity index is 467. The normalized spacial score (nSPS) is 14.9. The van der Waals surface area contributed by atoms with Crippen molar-refractivity contribution in [3.8, 4) is 11.5 Å². The number of nitrogens with zero attached hydrogens (tertiary/aromatic N) is 1. The van der Waals surface area contributed by atoms with Crippen LogP contribution < -0.4 is 9.47 Å². The number of piperidine rings is 1. The molecule has 0 atom stereocenters. The first-order chi connectivity index (χ1) is 10.3. The molecule has 0 aliphatic carbocycles. The average Bonchev–Trinajstić information content (AvgIpc) is 2.54. The van der Waals surface area contributed by atoms with E-state index in [9.17, 15) is 4.79 Å². The van der Waals surface area contributed by atoms with Crippen molar-refractivity contribution in [1.82, 2.24) is 4.90 Å². The summed E-state index contributed by atoms with van der Waals surface area (Å²) in [5.74, 6) is 1.47. The molecule has 1 aromatic carbocycles. The van der Waals surface area contributed by atoms with Crippen LogP contribution in [0.1, 0.15) is 49.9 Å². The summed E-state index contributed by atoms with van der Waals surface area (Å²) < 4.78 is 11.3. The minimum atomic E-state index is 0.0951. The second-order valence-corrected chi connectivity index (χ2v) is 5.30. The minimum absolute atomic E-state index is 0.0951. The molecule has 1 fully saturated rings. The number of carbonyl (C=O) groups is 1. The Morgan fingerprint density at radius 3 is 2.52 bits per heavy atom. The van der Waals surface area contributed by atoms with Gasteiger partial charge in [0.25, 0.3) is 5.91 Å². The molecular weight excluding hydrogens is 266 g/mol. The van der Waals surface area contributed by atoms with Crippen molar-refractivity contribution in [2.75, 3.05) is 26.3 Å². The Morgan fingerprint density at radius 1 is 1.10 bits per heavy atom. The van der Waals surface area contributed by atoms with Gasteiger partial charge in [-0.3, -0.25) is 4.79 Å². The molecule has 1 aromatic rings. The van der Waals surface area contributed by atoms with Gasteiger partial charge in [0.1, 0.15) is 0 Å². The van der Waals surface area contributed by atoms with Crippen LogP contribution in [0.15, 0.2) is 18.2 Å². The number of benzene rings is 1. The number of carbonyl (C=O) groups excluding carboxylic acids is 1. The molecular formula is C17H25NO3. The molecule has 21 heavy (non-hydrogen) atoms. The first-order valence-corrected chi connectivity index (χ1v) is 7.95. The fourth-order valence-corrected chi connectivity index (χ4v) is 2.52. The van der Waals surface area contributed by atoms with E-state index in [1.165, 1.54) is 6.42 Å². The van der Waals surface area contributed by atoms with E-state index in [4.69, 9.17) is 9.47 Å². The standard InChI is InChI=1S/C17H25NO3/c1-3-12-21-15-9-8-14(13-16(15)20-4-2)17(19)18-10-6-5-7-11-18/h8-9,13H,3-7,10-12H2,1-2H3. The highest BCUT2D eigenvalue weighted by atomic mass is 16.5. The maximum Gasteiger partial charge on any atom is 0.253 e. The van der Waals surface area contributed by atoms with Crippen LogP contribution in [0, 0.1) is 0 Å². The maximum atomic E-state index is 12.5. The molecule has 2 rings (SSSR count). The number of likely N-dealkylation sites (tertiary alicyclic amines) is 1. The second-order valence-electron chi connectivity index (χ2n) is 5.30. The summed E-state index contributed by atoms with van der Waals surface area (Å²) >= 11 is 0. The predicted molar refractivity (Wildman–Crippen MR) is 83.2 cm³/mol. The summed E-state index contributed by atoms with van der Waals surface area (Å²) in [6, 6.07) is 5.49. The Balaban J connectivity index is 2.15. The van der Waals surface area contributed by atoms with E-state index < -0.39 is 0 Å². The molecule has 4 heteroatoms. The highest BCUT2D eigenvalue weighted by molar-refractivity contribution is 5.95. The predicted octanol–water partition coefficient (Wildman–Crippen LogP) is 3.50. The third kappa shape index (κ3) is 4.13. The molecule has 1 aliphatic heterocycles. The van der Waals surface area contributed by atoms with E-state index in [-0.39, 0.29) is 5.91 Å². The fourth-order valence-electron chi connectivity index (χ4n) is 2.52. The van der Waals surface area contributed by atoms with Crippen molar-refractivity contribution in [2.45, 2.75) is 39.5 Å². The van der Waals surface area contributed by atoms with Gasteiger partial charge in [-0.15, -0.1) is 0 Å². The molecule has 0 radical (unpaired) electrons. The molecule has 0 unspecified atom stereocenters. The van der Waals surface area contributed by atoms with Crippen molar-refractivity contribution >= 4 is 5.91 Å². The minimum Gasteiger partial charge on any atom is -0.490 e. The molecule has 4 nitrogen and oxygen atoms in total. The Labute approximate surface area is 127 Å². The summed E-state index contributed by atoms with van der Waals surface area (Å²) in [6.45, 7) is 6.93. The SMILES string of the molecule is CCCOc1ccc(C(=O)N2CCCCC2)cc1OCC. The van der Waals surface area contributed by atoms with Crippen molar-refractivity contribution in [1.29, 1.82) is 0 Å². The quantitative estimate of drug-likeness (QED) is 0.805. The summed E-state index contributed by atoms with van der Waals surface area (Å²) in [6.07, 6.45) is 4.36. The zero-order valence-corrected chi connectivity index (χ0v) is 13.1. The first kappa shape index (κ1) is 15.7. The van der Waals surface area contributed by atoms with Gasteiger partial charge in [-0.25, -0.2) is 0 Å². The fraction of sp³-hybridized carbons (Fsp3) is 0.588. The van der Waals surface area contributed by atoms with Crippen molar-refractivity contribution < 1.29 is 14.3 Å². The van der Waals surface area contributed by atoms with E-state index in [0.717, 1.165) is 32.4 Å². The smallest absolute Gasteiger partial charge is 0.253 e. The molecule has 1 saturated heterocycles. The number of rotatable bonds is 6. The largest absolute Gasteiger partial charge is 0.490 e. The molecule has 1 heterocycles. The van der Waals surface area contributed by atoms with Crippen LogP contribution in [-0.2, 0) is 0 Å². The summed E-state index contributed by atoms with van der Waals surface area (Å²) in [4.78, 5) is 14.4. The van der Waals surface area contributed by atoms with Gasteiger partial charge in [0.2, 0.25) is 0 Å². The van der Waals surface area contributed by atoms with E-state index in [0.29, 0.717) is 30.3 Å². The van der Waals surface area contributed by atoms with Crippen molar-refractivity contribution in [3.05, 3.63) is 23.8 Å². The van der Waals surface area contributed by atoms with Gasteiger partial charge in [0.05, 0.1) is 13.2 Å².